The molecular weight excluding hydrogens is 290 g/mol. The van der Waals surface area contributed by atoms with Gasteiger partial charge in [-0.25, -0.2) is 13.2 Å². The van der Waals surface area contributed by atoms with E-state index in [9.17, 15) is 13.2 Å². The molecule has 0 saturated carbocycles. The predicted octanol–water partition coefficient (Wildman–Crippen LogP) is 1.86. The summed E-state index contributed by atoms with van der Waals surface area (Å²) in [5.74, 6) is -0.766. The third kappa shape index (κ3) is 2.70. The molecule has 0 radical (unpaired) electrons. The quantitative estimate of drug-likeness (QED) is 0.910. The largest absolute Gasteiger partial charge is 0.477 e. The summed E-state index contributed by atoms with van der Waals surface area (Å²) in [6.07, 6.45) is 1.45. The minimum absolute atomic E-state index is 0.0459. The van der Waals surface area contributed by atoms with E-state index in [1.54, 1.807) is 12.1 Å². The van der Waals surface area contributed by atoms with Crippen molar-refractivity contribution in [3.05, 3.63) is 40.5 Å². The molecule has 102 valence electrons. The van der Waals surface area contributed by atoms with Crippen LogP contribution in [0.2, 0.25) is 0 Å². The first-order chi connectivity index (χ1) is 8.93. The summed E-state index contributed by atoms with van der Waals surface area (Å²) in [6, 6.07) is 4.60. The molecule has 0 amide bonds. The first-order valence-corrected chi connectivity index (χ1v) is 7.54. The van der Waals surface area contributed by atoms with Crippen LogP contribution < -0.4 is 0 Å². The second kappa shape index (κ2) is 5.16. The molecule has 0 fully saturated rings. The van der Waals surface area contributed by atoms with Crippen LogP contribution in [0.1, 0.15) is 15.4 Å². The zero-order valence-corrected chi connectivity index (χ0v) is 11.6. The molecule has 0 atom stereocenters. The van der Waals surface area contributed by atoms with E-state index in [1.165, 1.54) is 24.8 Å². The van der Waals surface area contributed by atoms with Crippen molar-refractivity contribution < 1.29 is 22.7 Å². The number of carboxylic acid groups (broad SMARTS) is 1. The molecule has 0 bridgehead atoms. The van der Waals surface area contributed by atoms with Crippen LogP contribution in [0.4, 0.5) is 0 Å². The summed E-state index contributed by atoms with van der Waals surface area (Å²) in [7, 11) is -2.47. The summed E-state index contributed by atoms with van der Waals surface area (Å²) in [5.41, 5.74) is 0. The Bertz CT molecular complexity index is 672. The lowest BCUT2D eigenvalue weighted by Crippen LogP contribution is -2.27. The van der Waals surface area contributed by atoms with Gasteiger partial charge in [-0.05, 0) is 23.6 Å². The third-order valence-electron chi connectivity index (χ3n) is 2.47. The van der Waals surface area contributed by atoms with Crippen LogP contribution in [0, 0.1) is 0 Å². The van der Waals surface area contributed by atoms with Gasteiger partial charge in [-0.3, -0.25) is 0 Å². The number of furan rings is 1. The summed E-state index contributed by atoms with van der Waals surface area (Å²) >= 11 is 0.881. The minimum atomic E-state index is -3.84. The Kier molecular flexibility index (Phi) is 3.74. The van der Waals surface area contributed by atoms with Gasteiger partial charge in [0.05, 0.1) is 12.8 Å². The van der Waals surface area contributed by atoms with Crippen LogP contribution in [0.25, 0.3) is 0 Å². The molecule has 2 aromatic heterocycles. The average Bonchev–Trinajstić information content (AvgIpc) is 2.98. The molecule has 0 aromatic carbocycles. The number of nitrogens with zero attached hydrogens (tertiary/aromatic N) is 1. The standard InChI is InChI=1S/C11H11NO5S2/c1-12(7-8-3-2-5-17-8)19(15,16)9-4-6-18-10(9)11(13)14/h2-6H,7H2,1H3,(H,13,14). The lowest BCUT2D eigenvalue weighted by atomic mass is 10.4. The normalized spacial score (nSPS) is 11.9. The molecule has 0 aliphatic carbocycles. The highest BCUT2D eigenvalue weighted by atomic mass is 32.2. The topological polar surface area (TPSA) is 87.8 Å². The van der Waals surface area contributed by atoms with Crippen LogP contribution in [-0.2, 0) is 16.6 Å². The molecular formula is C11H11NO5S2. The predicted molar refractivity (Wildman–Crippen MR) is 68.6 cm³/mol. The van der Waals surface area contributed by atoms with E-state index < -0.39 is 16.0 Å². The van der Waals surface area contributed by atoms with Crippen molar-refractivity contribution in [1.82, 2.24) is 4.31 Å². The van der Waals surface area contributed by atoms with Crippen LogP contribution in [0.5, 0.6) is 0 Å². The first kappa shape index (κ1) is 13.8. The van der Waals surface area contributed by atoms with Gasteiger partial charge in [0.15, 0.2) is 0 Å². The van der Waals surface area contributed by atoms with Crippen LogP contribution in [-0.4, -0.2) is 30.8 Å². The molecule has 6 nitrogen and oxygen atoms in total. The monoisotopic (exact) mass is 301 g/mol. The second-order valence-electron chi connectivity index (χ2n) is 3.76. The van der Waals surface area contributed by atoms with Gasteiger partial charge in [0.25, 0.3) is 0 Å². The molecule has 2 heterocycles. The van der Waals surface area contributed by atoms with Gasteiger partial charge in [-0.2, -0.15) is 4.31 Å². The zero-order valence-electron chi connectivity index (χ0n) is 9.94. The number of carboxylic acids is 1. The molecule has 0 unspecified atom stereocenters. The molecule has 0 spiro atoms. The first-order valence-electron chi connectivity index (χ1n) is 5.22. The third-order valence-corrected chi connectivity index (χ3v) is 5.35. The van der Waals surface area contributed by atoms with Crippen LogP contribution in [0.3, 0.4) is 0 Å². The molecule has 2 aromatic rings. The Morgan fingerprint density at radius 2 is 2.21 bits per heavy atom. The summed E-state index contributed by atoms with van der Waals surface area (Å²) < 4.78 is 30.7. The van der Waals surface area contributed by atoms with Gasteiger partial charge in [-0.1, -0.05) is 0 Å². The molecule has 19 heavy (non-hydrogen) atoms. The van der Waals surface area contributed by atoms with Gasteiger partial charge in [0.1, 0.15) is 15.5 Å². The Labute approximate surface area is 113 Å². The van der Waals surface area contributed by atoms with Gasteiger partial charge in [-0.15, -0.1) is 11.3 Å². The zero-order chi connectivity index (χ0) is 14.0. The van der Waals surface area contributed by atoms with Crippen molar-refractivity contribution >= 4 is 27.3 Å². The van der Waals surface area contributed by atoms with E-state index in [1.807, 2.05) is 0 Å². The number of carbonyl (C=O) groups is 1. The lowest BCUT2D eigenvalue weighted by Gasteiger charge is -2.15. The van der Waals surface area contributed by atoms with E-state index in [4.69, 9.17) is 9.52 Å². The summed E-state index contributed by atoms with van der Waals surface area (Å²) in [4.78, 5) is 10.6. The smallest absolute Gasteiger partial charge is 0.347 e. The van der Waals surface area contributed by atoms with E-state index >= 15 is 0 Å². The van der Waals surface area contributed by atoms with Gasteiger partial charge < -0.3 is 9.52 Å². The molecule has 8 heteroatoms. The van der Waals surface area contributed by atoms with Crippen molar-refractivity contribution in [1.29, 1.82) is 0 Å². The number of aromatic carboxylic acids is 1. The number of thiophene rings is 1. The molecule has 2 rings (SSSR count). The fourth-order valence-electron chi connectivity index (χ4n) is 1.53. The molecule has 0 saturated heterocycles. The number of rotatable bonds is 5. The Morgan fingerprint density at radius 1 is 1.47 bits per heavy atom. The van der Waals surface area contributed by atoms with Gasteiger partial charge >= 0.3 is 5.97 Å². The van der Waals surface area contributed by atoms with E-state index in [0.29, 0.717) is 5.76 Å². The maximum absolute atomic E-state index is 12.3. The number of hydrogen-bond donors (Lipinski definition) is 1. The van der Waals surface area contributed by atoms with E-state index in [2.05, 4.69) is 0 Å². The fraction of sp³-hybridized carbons (Fsp3) is 0.182. The molecule has 1 N–H and O–H groups in total. The second-order valence-corrected chi connectivity index (χ2v) is 6.69. The number of hydrogen-bond acceptors (Lipinski definition) is 5. The molecule has 0 aliphatic rings. The maximum Gasteiger partial charge on any atom is 0.347 e. The van der Waals surface area contributed by atoms with Crippen LogP contribution >= 0.6 is 11.3 Å². The Balaban J connectivity index is 2.31. The highest BCUT2D eigenvalue weighted by molar-refractivity contribution is 7.89. The SMILES string of the molecule is CN(Cc1ccco1)S(=O)(=O)c1ccsc1C(=O)O. The van der Waals surface area contributed by atoms with Gasteiger partial charge in [0, 0.05) is 7.05 Å². The van der Waals surface area contributed by atoms with Crippen molar-refractivity contribution in [2.45, 2.75) is 11.4 Å². The van der Waals surface area contributed by atoms with Gasteiger partial charge in [0.2, 0.25) is 10.0 Å². The van der Waals surface area contributed by atoms with Crippen molar-refractivity contribution in [3.8, 4) is 0 Å². The minimum Gasteiger partial charge on any atom is -0.477 e. The highest BCUT2D eigenvalue weighted by Crippen LogP contribution is 2.25. The van der Waals surface area contributed by atoms with E-state index in [0.717, 1.165) is 15.6 Å². The molecule has 0 aliphatic heterocycles. The summed E-state index contributed by atoms with van der Waals surface area (Å²) in [5, 5.41) is 10.4. The Morgan fingerprint density at radius 3 is 2.79 bits per heavy atom. The van der Waals surface area contributed by atoms with Crippen molar-refractivity contribution in [2.24, 2.45) is 0 Å². The highest BCUT2D eigenvalue weighted by Gasteiger charge is 2.28. The maximum atomic E-state index is 12.3. The summed E-state index contributed by atoms with van der Waals surface area (Å²) in [6.45, 7) is 0.0459. The van der Waals surface area contributed by atoms with Crippen molar-refractivity contribution in [3.63, 3.8) is 0 Å². The van der Waals surface area contributed by atoms with Crippen molar-refractivity contribution in [2.75, 3.05) is 7.05 Å². The lowest BCUT2D eigenvalue weighted by molar-refractivity contribution is 0.0698. The van der Waals surface area contributed by atoms with Crippen LogP contribution in [0.15, 0.2) is 39.2 Å². The Hall–Kier alpha value is -1.64. The average molecular weight is 301 g/mol. The fourth-order valence-corrected chi connectivity index (χ4v) is 3.90. The number of sulfonamides is 1. The van der Waals surface area contributed by atoms with E-state index in [-0.39, 0.29) is 16.3 Å².